The van der Waals surface area contributed by atoms with Crippen molar-refractivity contribution in [3.05, 3.63) is 36.3 Å². The van der Waals surface area contributed by atoms with Gasteiger partial charge in [0.1, 0.15) is 5.76 Å². The molecule has 1 aromatic heterocycles. The van der Waals surface area contributed by atoms with Crippen molar-refractivity contribution in [1.82, 2.24) is 15.1 Å². The maximum Gasteiger partial charge on any atom is 0.233 e. The summed E-state index contributed by atoms with van der Waals surface area (Å²) in [5.41, 5.74) is 0. The van der Waals surface area contributed by atoms with E-state index in [1.807, 2.05) is 43.3 Å². The molecule has 3 rings (SSSR count). The second-order valence-corrected chi connectivity index (χ2v) is 7.03. The zero-order chi connectivity index (χ0) is 18.7. The Bertz CT molecular complexity index is 670. The van der Waals surface area contributed by atoms with Crippen LogP contribution in [0.2, 0.25) is 0 Å². The minimum atomic E-state index is -0.243. The largest absolute Gasteiger partial charge is 0.468 e. The molecule has 0 radical (unpaired) electrons. The van der Waals surface area contributed by atoms with Crippen molar-refractivity contribution in [2.24, 2.45) is 11.8 Å². The zero-order valence-electron chi connectivity index (χ0n) is 15.2. The van der Waals surface area contributed by atoms with Crippen LogP contribution in [-0.4, -0.2) is 54.7 Å². The number of imide groups is 1. The van der Waals surface area contributed by atoms with Gasteiger partial charge in [-0.1, -0.05) is 12.2 Å². The monoisotopic (exact) mass is 359 g/mol. The number of likely N-dealkylation sites (N-methyl/N-ethyl adjacent to an activating group) is 1. The van der Waals surface area contributed by atoms with E-state index in [-0.39, 0.29) is 48.6 Å². The van der Waals surface area contributed by atoms with Gasteiger partial charge in [0.05, 0.1) is 24.1 Å². The fourth-order valence-corrected chi connectivity index (χ4v) is 3.62. The van der Waals surface area contributed by atoms with Crippen molar-refractivity contribution in [1.29, 1.82) is 0 Å². The lowest BCUT2D eigenvalue weighted by Gasteiger charge is -2.23. The lowest BCUT2D eigenvalue weighted by Crippen LogP contribution is -2.38. The number of hydrogen-bond donors (Lipinski definition) is 1. The Labute approximate surface area is 153 Å². The van der Waals surface area contributed by atoms with Gasteiger partial charge in [-0.25, -0.2) is 0 Å². The van der Waals surface area contributed by atoms with Crippen molar-refractivity contribution < 1.29 is 18.8 Å². The molecule has 26 heavy (non-hydrogen) atoms. The molecule has 3 atom stereocenters. The van der Waals surface area contributed by atoms with E-state index < -0.39 is 0 Å². The quantitative estimate of drug-likeness (QED) is 0.587. The third-order valence-corrected chi connectivity index (χ3v) is 5.15. The average molecular weight is 359 g/mol. The predicted octanol–water partition coefficient (Wildman–Crippen LogP) is 1.34. The van der Waals surface area contributed by atoms with E-state index in [4.69, 9.17) is 4.42 Å². The molecule has 1 N–H and O–H groups in total. The number of hydrogen-bond acceptors (Lipinski definition) is 5. The van der Waals surface area contributed by atoms with Crippen LogP contribution < -0.4 is 5.32 Å². The van der Waals surface area contributed by atoms with Crippen LogP contribution in [0.1, 0.15) is 31.1 Å². The van der Waals surface area contributed by atoms with Gasteiger partial charge in [-0.2, -0.15) is 0 Å². The van der Waals surface area contributed by atoms with Crippen molar-refractivity contribution in [3.63, 3.8) is 0 Å². The third kappa shape index (κ3) is 3.72. The molecule has 0 aromatic carbocycles. The van der Waals surface area contributed by atoms with Crippen molar-refractivity contribution in [2.75, 3.05) is 27.2 Å². The van der Waals surface area contributed by atoms with Crippen molar-refractivity contribution in [3.8, 4) is 0 Å². The van der Waals surface area contributed by atoms with Crippen LogP contribution in [0.25, 0.3) is 0 Å². The number of likely N-dealkylation sites (tertiary alicyclic amines) is 1. The van der Waals surface area contributed by atoms with Gasteiger partial charge < -0.3 is 9.73 Å². The topological polar surface area (TPSA) is 82.9 Å². The van der Waals surface area contributed by atoms with E-state index in [1.54, 1.807) is 6.26 Å². The highest BCUT2D eigenvalue weighted by atomic mass is 16.3. The Morgan fingerprint density at radius 3 is 2.46 bits per heavy atom. The molecule has 3 amide bonds. The number of nitrogens with zero attached hydrogens (tertiary/aromatic N) is 2. The van der Waals surface area contributed by atoms with Crippen LogP contribution in [0, 0.1) is 11.8 Å². The van der Waals surface area contributed by atoms with Gasteiger partial charge in [-0.05, 0) is 39.1 Å². The summed E-state index contributed by atoms with van der Waals surface area (Å²) in [5.74, 6) is -0.174. The van der Waals surface area contributed by atoms with E-state index in [2.05, 4.69) is 5.32 Å². The molecule has 7 nitrogen and oxygen atoms in total. The highest BCUT2D eigenvalue weighted by Gasteiger charge is 2.46. The minimum absolute atomic E-state index is 0.0713. The number of amides is 3. The molecule has 2 aliphatic rings. The molecule has 140 valence electrons. The first-order chi connectivity index (χ1) is 12.5. The Hall–Kier alpha value is -2.41. The summed E-state index contributed by atoms with van der Waals surface area (Å²) in [6, 6.07) is 3.61. The Kier molecular flexibility index (Phi) is 5.56. The smallest absolute Gasteiger partial charge is 0.233 e. The normalized spacial score (nSPS) is 23.4. The summed E-state index contributed by atoms with van der Waals surface area (Å²) in [7, 11) is 3.83. The number of fused-ring (bicyclic) bond motifs is 1. The number of nitrogens with one attached hydrogen (secondary N) is 1. The summed E-state index contributed by atoms with van der Waals surface area (Å²) in [6.45, 7) is 0.542. The Morgan fingerprint density at radius 2 is 1.92 bits per heavy atom. The van der Waals surface area contributed by atoms with Crippen LogP contribution in [0.3, 0.4) is 0 Å². The Morgan fingerprint density at radius 1 is 1.27 bits per heavy atom. The second kappa shape index (κ2) is 7.86. The second-order valence-electron chi connectivity index (χ2n) is 7.03. The van der Waals surface area contributed by atoms with Gasteiger partial charge in [0.15, 0.2) is 0 Å². The maximum absolute atomic E-state index is 12.4. The summed E-state index contributed by atoms with van der Waals surface area (Å²) in [6.07, 6.45) is 6.86. The Balaban J connectivity index is 1.50. The van der Waals surface area contributed by atoms with Gasteiger partial charge >= 0.3 is 0 Å². The number of carbonyl (C=O) groups excluding carboxylic acids is 3. The molecule has 1 aliphatic carbocycles. The molecule has 1 aromatic rings. The lowest BCUT2D eigenvalue weighted by atomic mass is 9.85. The number of carbonyl (C=O) groups is 3. The molecule has 0 unspecified atom stereocenters. The molecule has 0 spiro atoms. The standard InChI is InChI=1S/C19H25N3O4/c1-21(2)15(16-8-5-11-26-16)12-20-17(23)9-10-22-18(24)13-6-3-4-7-14(13)19(22)25/h3-5,8,11,13-15H,6-7,9-10,12H2,1-2H3,(H,20,23)/t13-,14-,15-/m1/s1. The van der Waals surface area contributed by atoms with Gasteiger partial charge in [-0.15, -0.1) is 0 Å². The highest BCUT2D eigenvalue weighted by molar-refractivity contribution is 6.05. The van der Waals surface area contributed by atoms with Crippen molar-refractivity contribution in [2.45, 2.75) is 25.3 Å². The van der Waals surface area contributed by atoms with E-state index in [9.17, 15) is 14.4 Å². The zero-order valence-corrected chi connectivity index (χ0v) is 15.2. The molecule has 1 aliphatic heterocycles. The summed E-state index contributed by atoms with van der Waals surface area (Å²) < 4.78 is 5.42. The molecular formula is C19H25N3O4. The van der Waals surface area contributed by atoms with E-state index in [0.29, 0.717) is 19.4 Å². The van der Waals surface area contributed by atoms with Gasteiger partial charge in [-0.3, -0.25) is 24.2 Å². The minimum Gasteiger partial charge on any atom is -0.468 e. The van der Waals surface area contributed by atoms with Crippen LogP contribution in [-0.2, 0) is 14.4 Å². The fourth-order valence-electron chi connectivity index (χ4n) is 3.62. The summed E-state index contributed by atoms with van der Waals surface area (Å²) >= 11 is 0. The van der Waals surface area contributed by atoms with Gasteiger partial charge in [0, 0.05) is 19.5 Å². The molecule has 1 saturated heterocycles. The van der Waals surface area contributed by atoms with E-state index in [0.717, 1.165) is 5.76 Å². The summed E-state index contributed by atoms with van der Waals surface area (Å²) in [5, 5.41) is 2.87. The van der Waals surface area contributed by atoms with Crippen LogP contribution >= 0.6 is 0 Å². The number of allylic oxidation sites excluding steroid dienone is 2. The molecule has 2 heterocycles. The van der Waals surface area contributed by atoms with Gasteiger partial charge in [0.25, 0.3) is 0 Å². The van der Waals surface area contributed by atoms with Crippen molar-refractivity contribution >= 4 is 17.7 Å². The fraction of sp³-hybridized carbons (Fsp3) is 0.526. The molecular weight excluding hydrogens is 334 g/mol. The molecule has 7 heteroatoms. The summed E-state index contributed by atoms with van der Waals surface area (Å²) in [4.78, 5) is 40.2. The highest BCUT2D eigenvalue weighted by Crippen LogP contribution is 2.34. The van der Waals surface area contributed by atoms with Crippen LogP contribution in [0.15, 0.2) is 35.0 Å². The number of furan rings is 1. The predicted molar refractivity (Wildman–Crippen MR) is 94.8 cm³/mol. The first-order valence-electron chi connectivity index (χ1n) is 8.95. The molecule has 0 saturated carbocycles. The molecule has 1 fully saturated rings. The average Bonchev–Trinajstić information content (AvgIpc) is 3.22. The maximum atomic E-state index is 12.4. The molecule has 0 bridgehead atoms. The number of rotatable bonds is 7. The van der Waals surface area contributed by atoms with Gasteiger partial charge in [0.2, 0.25) is 17.7 Å². The first kappa shape index (κ1) is 18.4. The van der Waals surface area contributed by atoms with Crippen LogP contribution in [0.5, 0.6) is 0 Å². The first-order valence-corrected chi connectivity index (χ1v) is 8.95. The third-order valence-electron chi connectivity index (χ3n) is 5.15. The SMILES string of the molecule is CN(C)[C@H](CNC(=O)CCN1C(=O)[C@@H]2CC=CC[C@H]2C1=O)c1ccco1. The lowest BCUT2D eigenvalue weighted by molar-refractivity contribution is -0.140. The van der Waals surface area contributed by atoms with E-state index in [1.165, 1.54) is 4.90 Å². The van der Waals surface area contributed by atoms with E-state index >= 15 is 0 Å². The van der Waals surface area contributed by atoms with Crippen LogP contribution in [0.4, 0.5) is 0 Å².